The first-order valence-corrected chi connectivity index (χ1v) is 10.6. The second-order valence-electron chi connectivity index (χ2n) is 6.79. The Morgan fingerprint density at radius 1 is 1.14 bits per heavy atom. The first-order valence-electron chi connectivity index (χ1n) is 8.99. The van der Waals surface area contributed by atoms with Crippen LogP contribution in [0.15, 0.2) is 42.5 Å². The number of amides is 1. The van der Waals surface area contributed by atoms with Gasteiger partial charge in [-0.1, -0.05) is 18.2 Å². The molecule has 1 fully saturated rings. The number of hydrogen-bond donors (Lipinski definition) is 2. The fourth-order valence-electron chi connectivity index (χ4n) is 3.16. The summed E-state index contributed by atoms with van der Waals surface area (Å²) >= 11 is 0. The zero-order chi connectivity index (χ0) is 20.3. The van der Waals surface area contributed by atoms with Gasteiger partial charge in [0, 0.05) is 18.7 Å². The number of aryl methyl sites for hydroxylation is 2. The summed E-state index contributed by atoms with van der Waals surface area (Å²) in [6, 6.07) is 11.6. The molecule has 0 unspecified atom stereocenters. The zero-order valence-electron chi connectivity index (χ0n) is 15.5. The molecule has 2 aromatic carbocycles. The van der Waals surface area contributed by atoms with Crippen LogP contribution in [0.3, 0.4) is 0 Å². The van der Waals surface area contributed by atoms with Gasteiger partial charge in [0.05, 0.1) is 17.0 Å². The van der Waals surface area contributed by atoms with Crippen LogP contribution in [-0.4, -0.2) is 37.7 Å². The Morgan fingerprint density at radius 2 is 1.86 bits per heavy atom. The Balaban J connectivity index is 1.64. The molecule has 148 valence electrons. The molecule has 0 spiro atoms. The summed E-state index contributed by atoms with van der Waals surface area (Å²) in [6.45, 7) is 2.29. The van der Waals surface area contributed by atoms with Gasteiger partial charge in [0.2, 0.25) is 15.9 Å². The highest BCUT2D eigenvalue weighted by molar-refractivity contribution is 7.93. The first-order chi connectivity index (χ1) is 13.3. The third-order valence-corrected chi connectivity index (χ3v) is 6.56. The Labute approximate surface area is 164 Å². The van der Waals surface area contributed by atoms with Crippen LogP contribution in [-0.2, 0) is 21.2 Å². The summed E-state index contributed by atoms with van der Waals surface area (Å²) in [5, 5.41) is 11.7. The minimum atomic E-state index is -3.28. The van der Waals surface area contributed by atoms with Crippen molar-refractivity contribution in [3.63, 3.8) is 0 Å². The van der Waals surface area contributed by atoms with Gasteiger partial charge in [-0.15, -0.1) is 0 Å². The van der Waals surface area contributed by atoms with Gasteiger partial charge in [-0.2, -0.15) is 0 Å². The van der Waals surface area contributed by atoms with Crippen molar-refractivity contribution in [2.45, 2.75) is 26.2 Å². The lowest BCUT2D eigenvalue weighted by molar-refractivity contribution is -0.116. The van der Waals surface area contributed by atoms with Gasteiger partial charge < -0.3 is 10.4 Å². The lowest BCUT2D eigenvalue weighted by atomic mass is 10.1. The topological polar surface area (TPSA) is 104 Å². The lowest BCUT2D eigenvalue weighted by Crippen LogP contribution is -2.26. The normalized spacial score (nSPS) is 15.4. The van der Waals surface area contributed by atoms with Gasteiger partial charge >= 0.3 is 5.97 Å². The fraction of sp³-hybridized carbons (Fsp3) is 0.300. The standard InChI is InChI=1S/C20H22N2O5S/c1-14-3-9-17(13-18(14)22-11-2-12-28(22,26)27)21-19(23)10-6-15-4-7-16(8-5-15)20(24)25/h3-5,7-9,13H,2,6,10-12H2,1H3,(H,21,23)(H,24,25). The molecule has 0 bridgehead atoms. The van der Waals surface area contributed by atoms with E-state index in [-0.39, 0.29) is 23.6 Å². The summed E-state index contributed by atoms with van der Waals surface area (Å²) in [4.78, 5) is 23.1. The number of sulfonamides is 1. The van der Waals surface area contributed by atoms with Gasteiger partial charge in [0.25, 0.3) is 0 Å². The number of hydrogen-bond acceptors (Lipinski definition) is 4. The van der Waals surface area contributed by atoms with Crippen LogP contribution < -0.4 is 9.62 Å². The molecule has 0 aliphatic carbocycles. The Hall–Kier alpha value is -2.87. The molecule has 1 amide bonds. The lowest BCUT2D eigenvalue weighted by Gasteiger charge is -2.20. The molecule has 1 aliphatic heterocycles. The molecule has 8 heteroatoms. The van der Waals surface area contributed by atoms with Crippen LogP contribution >= 0.6 is 0 Å². The quantitative estimate of drug-likeness (QED) is 0.773. The number of rotatable bonds is 6. The highest BCUT2D eigenvalue weighted by atomic mass is 32.2. The highest BCUT2D eigenvalue weighted by Gasteiger charge is 2.29. The SMILES string of the molecule is Cc1ccc(NC(=O)CCc2ccc(C(=O)O)cc2)cc1N1CCCS1(=O)=O. The predicted octanol–water partition coefficient (Wildman–Crippen LogP) is 2.80. The summed E-state index contributed by atoms with van der Waals surface area (Å²) in [5.41, 5.74) is 3.06. The first kappa shape index (κ1) is 19.9. The third-order valence-electron chi connectivity index (χ3n) is 4.70. The summed E-state index contributed by atoms with van der Waals surface area (Å²) in [7, 11) is -3.28. The van der Waals surface area contributed by atoms with Crippen LogP contribution in [0.4, 0.5) is 11.4 Å². The molecule has 1 heterocycles. The van der Waals surface area contributed by atoms with E-state index >= 15 is 0 Å². The van der Waals surface area contributed by atoms with E-state index in [0.29, 0.717) is 30.8 Å². The van der Waals surface area contributed by atoms with Gasteiger partial charge in [-0.3, -0.25) is 9.10 Å². The van der Waals surface area contributed by atoms with Crippen LogP contribution in [0.5, 0.6) is 0 Å². The molecule has 0 atom stereocenters. The number of carboxylic acids is 1. The zero-order valence-corrected chi connectivity index (χ0v) is 16.3. The molecular weight excluding hydrogens is 380 g/mol. The van der Waals surface area contributed by atoms with Crippen LogP contribution in [0.25, 0.3) is 0 Å². The summed E-state index contributed by atoms with van der Waals surface area (Å²) in [6.07, 6.45) is 1.31. The number of carboxylic acid groups (broad SMARTS) is 1. The van der Waals surface area contributed by atoms with E-state index in [1.54, 1.807) is 30.3 Å². The predicted molar refractivity (Wildman–Crippen MR) is 107 cm³/mol. The van der Waals surface area contributed by atoms with Crippen molar-refractivity contribution in [2.75, 3.05) is 21.9 Å². The van der Waals surface area contributed by atoms with E-state index in [0.717, 1.165) is 11.1 Å². The maximum absolute atomic E-state index is 12.3. The average molecular weight is 402 g/mol. The fourth-order valence-corrected chi connectivity index (χ4v) is 4.78. The molecule has 1 aliphatic rings. The van der Waals surface area contributed by atoms with E-state index < -0.39 is 16.0 Å². The molecule has 0 aromatic heterocycles. The third kappa shape index (κ3) is 4.51. The van der Waals surface area contributed by atoms with Crippen molar-refractivity contribution in [2.24, 2.45) is 0 Å². The minimum Gasteiger partial charge on any atom is -0.478 e. The maximum atomic E-state index is 12.3. The molecule has 0 saturated carbocycles. The number of benzene rings is 2. The van der Waals surface area contributed by atoms with E-state index in [2.05, 4.69) is 5.32 Å². The second-order valence-corrected chi connectivity index (χ2v) is 8.81. The minimum absolute atomic E-state index is 0.143. The van der Waals surface area contributed by atoms with Gasteiger partial charge in [-0.05, 0) is 55.2 Å². The maximum Gasteiger partial charge on any atom is 0.335 e. The number of carbonyl (C=O) groups excluding carboxylic acids is 1. The molecule has 1 saturated heterocycles. The second kappa shape index (κ2) is 8.02. The highest BCUT2D eigenvalue weighted by Crippen LogP contribution is 2.30. The van der Waals surface area contributed by atoms with Crippen molar-refractivity contribution in [3.8, 4) is 0 Å². The number of anilines is 2. The van der Waals surface area contributed by atoms with Crippen LogP contribution in [0.2, 0.25) is 0 Å². The average Bonchev–Trinajstić information content (AvgIpc) is 3.01. The molecule has 3 rings (SSSR count). The number of aromatic carboxylic acids is 1. The van der Waals surface area contributed by atoms with Gasteiger partial charge in [-0.25, -0.2) is 13.2 Å². The van der Waals surface area contributed by atoms with Crippen LogP contribution in [0, 0.1) is 6.92 Å². The Morgan fingerprint density at radius 3 is 2.46 bits per heavy atom. The summed E-state index contributed by atoms with van der Waals surface area (Å²) < 4.78 is 25.8. The van der Waals surface area contributed by atoms with E-state index in [1.165, 1.54) is 16.4 Å². The Bertz CT molecular complexity index is 1000. The van der Waals surface area contributed by atoms with Gasteiger partial charge in [0.1, 0.15) is 0 Å². The van der Waals surface area contributed by atoms with Crippen molar-refractivity contribution < 1.29 is 23.1 Å². The number of carbonyl (C=O) groups is 2. The van der Waals surface area contributed by atoms with Crippen molar-refractivity contribution in [1.82, 2.24) is 0 Å². The monoisotopic (exact) mass is 402 g/mol. The van der Waals surface area contributed by atoms with Gasteiger partial charge in [0.15, 0.2) is 0 Å². The molecule has 0 radical (unpaired) electrons. The number of nitrogens with zero attached hydrogens (tertiary/aromatic N) is 1. The smallest absolute Gasteiger partial charge is 0.335 e. The van der Waals surface area contributed by atoms with Crippen molar-refractivity contribution in [3.05, 3.63) is 59.2 Å². The molecule has 28 heavy (non-hydrogen) atoms. The van der Waals surface area contributed by atoms with E-state index in [9.17, 15) is 18.0 Å². The van der Waals surface area contributed by atoms with E-state index in [4.69, 9.17) is 5.11 Å². The molecule has 7 nitrogen and oxygen atoms in total. The van der Waals surface area contributed by atoms with E-state index in [1.807, 2.05) is 6.92 Å². The molecule has 2 N–H and O–H groups in total. The number of nitrogens with one attached hydrogen (secondary N) is 1. The van der Waals surface area contributed by atoms with Crippen LogP contribution in [0.1, 0.15) is 34.3 Å². The van der Waals surface area contributed by atoms with Crippen molar-refractivity contribution >= 4 is 33.3 Å². The molecular formula is C20H22N2O5S. The molecule has 2 aromatic rings. The largest absolute Gasteiger partial charge is 0.478 e. The Kier molecular flexibility index (Phi) is 5.69. The van der Waals surface area contributed by atoms with Crippen molar-refractivity contribution in [1.29, 1.82) is 0 Å². The summed E-state index contributed by atoms with van der Waals surface area (Å²) in [5.74, 6) is -1.04.